The van der Waals surface area contributed by atoms with Gasteiger partial charge in [-0.15, -0.1) is 0 Å². The van der Waals surface area contributed by atoms with Crippen molar-refractivity contribution in [2.75, 3.05) is 7.11 Å². The van der Waals surface area contributed by atoms with E-state index >= 15 is 0 Å². The van der Waals surface area contributed by atoms with Crippen molar-refractivity contribution in [3.05, 3.63) is 32.7 Å². The minimum Gasteiger partial charge on any atom is -0.463 e. The van der Waals surface area contributed by atoms with Crippen molar-refractivity contribution < 1.29 is 14.3 Å². The van der Waals surface area contributed by atoms with E-state index in [2.05, 4.69) is 36.6 Å². The summed E-state index contributed by atoms with van der Waals surface area (Å²) >= 11 is 6.63. The van der Waals surface area contributed by atoms with Crippen LogP contribution in [0.4, 0.5) is 0 Å². The molecule has 1 aromatic carbocycles. The highest BCUT2D eigenvalue weighted by Crippen LogP contribution is 2.23. The molecule has 0 radical (unpaired) electrons. The minimum atomic E-state index is -0.811. The van der Waals surface area contributed by atoms with Gasteiger partial charge in [-0.05, 0) is 49.6 Å². The summed E-state index contributed by atoms with van der Waals surface area (Å²) < 4.78 is 6.07. The van der Waals surface area contributed by atoms with E-state index < -0.39 is 11.8 Å². The molecule has 5 heteroatoms. The van der Waals surface area contributed by atoms with Gasteiger partial charge >= 0.3 is 5.97 Å². The maximum atomic E-state index is 11.2. The molecule has 0 bridgehead atoms. The molecular formula is C10H8Br2O3. The average Bonchev–Trinajstić information content (AvgIpc) is 2.22. The molecule has 0 aliphatic heterocycles. The van der Waals surface area contributed by atoms with Gasteiger partial charge in [-0.3, -0.25) is 4.79 Å². The third-order valence-corrected chi connectivity index (χ3v) is 3.64. The molecule has 0 saturated heterocycles. The van der Waals surface area contributed by atoms with E-state index in [4.69, 9.17) is 0 Å². The zero-order valence-electron chi connectivity index (χ0n) is 7.92. The molecule has 0 aromatic heterocycles. The predicted molar refractivity (Wildman–Crippen MR) is 62.6 cm³/mol. The lowest BCUT2D eigenvalue weighted by atomic mass is 10.1. The molecular weight excluding hydrogens is 328 g/mol. The fourth-order valence-electron chi connectivity index (χ4n) is 1.02. The highest BCUT2D eigenvalue weighted by molar-refractivity contribution is 9.13. The van der Waals surface area contributed by atoms with E-state index in [0.29, 0.717) is 0 Å². The Morgan fingerprint density at radius 2 is 1.93 bits per heavy atom. The SMILES string of the molecule is COC(=O)C(=O)Cc1ccc(Br)c(Br)c1. The minimum absolute atomic E-state index is 0.0541. The second-order valence-electron chi connectivity index (χ2n) is 2.84. The van der Waals surface area contributed by atoms with Crippen LogP contribution in [0.2, 0.25) is 0 Å². The fourth-order valence-corrected chi connectivity index (χ4v) is 1.69. The summed E-state index contributed by atoms with van der Waals surface area (Å²) in [5, 5.41) is 0. The third kappa shape index (κ3) is 3.43. The molecule has 1 aromatic rings. The van der Waals surface area contributed by atoms with Gasteiger partial charge in [-0.2, -0.15) is 0 Å². The zero-order chi connectivity index (χ0) is 11.4. The number of carbonyl (C=O) groups is 2. The lowest BCUT2D eigenvalue weighted by molar-refractivity contribution is -0.151. The monoisotopic (exact) mass is 334 g/mol. The molecule has 0 aliphatic rings. The van der Waals surface area contributed by atoms with E-state index in [1.165, 1.54) is 7.11 Å². The van der Waals surface area contributed by atoms with Crippen molar-refractivity contribution in [3.63, 3.8) is 0 Å². The Labute approximate surface area is 104 Å². The van der Waals surface area contributed by atoms with Crippen LogP contribution in [0.1, 0.15) is 5.56 Å². The van der Waals surface area contributed by atoms with Gasteiger partial charge in [0.1, 0.15) is 0 Å². The number of halogens is 2. The third-order valence-electron chi connectivity index (χ3n) is 1.76. The zero-order valence-corrected chi connectivity index (χ0v) is 11.1. The number of benzene rings is 1. The van der Waals surface area contributed by atoms with Crippen molar-refractivity contribution in [3.8, 4) is 0 Å². The van der Waals surface area contributed by atoms with Crippen molar-refractivity contribution in [1.29, 1.82) is 0 Å². The van der Waals surface area contributed by atoms with E-state index in [-0.39, 0.29) is 6.42 Å². The Morgan fingerprint density at radius 1 is 1.27 bits per heavy atom. The van der Waals surface area contributed by atoms with Crippen LogP contribution >= 0.6 is 31.9 Å². The highest BCUT2D eigenvalue weighted by atomic mass is 79.9. The first kappa shape index (κ1) is 12.4. The summed E-state index contributed by atoms with van der Waals surface area (Å²) in [5.74, 6) is -1.36. The number of methoxy groups -OCH3 is 1. The highest BCUT2D eigenvalue weighted by Gasteiger charge is 2.14. The van der Waals surface area contributed by atoms with Crippen LogP contribution in [0.25, 0.3) is 0 Å². The molecule has 0 amide bonds. The summed E-state index contributed by atoms with van der Waals surface area (Å²) in [6.45, 7) is 0. The van der Waals surface area contributed by atoms with E-state index in [9.17, 15) is 9.59 Å². The van der Waals surface area contributed by atoms with Gasteiger partial charge in [0.05, 0.1) is 7.11 Å². The quantitative estimate of drug-likeness (QED) is 0.629. The molecule has 80 valence electrons. The molecule has 0 atom stereocenters. The number of hydrogen-bond donors (Lipinski definition) is 0. The Morgan fingerprint density at radius 3 is 2.47 bits per heavy atom. The van der Waals surface area contributed by atoms with Crippen LogP contribution in [0.15, 0.2) is 27.1 Å². The van der Waals surface area contributed by atoms with Gasteiger partial charge in [-0.1, -0.05) is 6.07 Å². The molecule has 0 aliphatic carbocycles. The van der Waals surface area contributed by atoms with E-state index in [1.54, 1.807) is 12.1 Å². The maximum absolute atomic E-state index is 11.2. The number of hydrogen-bond acceptors (Lipinski definition) is 3. The molecule has 0 N–H and O–H groups in total. The van der Waals surface area contributed by atoms with Crippen molar-refractivity contribution in [2.45, 2.75) is 6.42 Å². The summed E-state index contributed by atoms with van der Waals surface area (Å²) in [6, 6.07) is 5.37. The molecule has 3 nitrogen and oxygen atoms in total. The molecule has 1 rings (SSSR count). The molecule has 0 heterocycles. The van der Waals surface area contributed by atoms with Crippen molar-refractivity contribution >= 4 is 43.6 Å². The number of ether oxygens (including phenoxy) is 1. The smallest absolute Gasteiger partial charge is 0.374 e. The van der Waals surface area contributed by atoms with Gasteiger partial charge in [0.25, 0.3) is 0 Å². The molecule has 0 saturated carbocycles. The topological polar surface area (TPSA) is 43.4 Å². The maximum Gasteiger partial charge on any atom is 0.374 e. The Hall–Kier alpha value is -0.680. The van der Waals surface area contributed by atoms with Crippen LogP contribution in [-0.4, -0.2) is 18.9 Å². The van der Waals surface area contributed by atoms with Gasteiger partial charge in [-0.25, -0.2) is 4.79 Å². The van der Waals surface area contributed by atoms with Crippen LogP contribution in [-0.2, 0) is 20.7 Å². The predicted octanol–water partition coefficient (Wildman–Crippen LogP) is 2.50. The Kier molecular flexibility index (Phi) is 4.47. The second kappa shape index (κ2) is 5.42. The summed E-state index contributed by atoms with van der Waals surface area (Å²) in [7, 11) is 1.19. The Balaban J connectivity index is 2.77. The van der Waals surface area contributed by atoms with E-state index in [1.807, 2.05) is 6.07 Å². The summed E-state index contributed by atoms with van der Waals surface area (Å²) in [4.78, 5) is 22.1. The molecule has 0 unspecified atom stereocenters. The first-order valence-corrected chi connectivity index (χ1v) is 5.68. The van der Waals surface area contributed by atoms with Crippen LogP contribution < -0.4 is 0 Å². The lowest BCUT2D eigenvalue weighted by Gasteiger charge is -2.02. The van der Waals surface area contributed by atoms with E-state index in [0.717, 1.165) is 14.5 Å². The van der Waals surface area contributed by atoms with Crippen molar-refractivity contribution in [1.82, 2.24) is 0 Å². The van der Waals surface area contributed by atoms with Gasteiger partial charge in [0.2, 0.25) is 5.78 Å². The summed E-state index contributed by atoms with van der Waals surface area (Å²) in [6.07, 6.45) is 0.0541. The average molecular weight is 336 g/mol. The normalized spacial score (nSPS) is 9.80. The van der Waals surface area contributed by atoms with Crippen LogP contribution in [0, 0.1) is 0 Å². The largest absolute Gasteiger partial charge is 0.463 e. The number of Topliss-reactive ketones (excluding diaryl/α,β-unsaturated/α-hetero) is 1. The van der Waals surface area contributed by atoms with Gasteiger partial charge in [0, 0.05) is 15.4 Å². The number of esters is 1. The van der Waals surface area contributed by atoms with Crippen LogP contribution in [0.5, 0.6) is 0 Å². The number of rotatable bonds is 3. The van der Waals surface area contributed by atoms with Gasteiger partial charge in [0.15, 0.2) is 0 Å². The fraction of sp³-hybridized carbons (Fsp3) is 0.200. The number of carbonyl (C=O) groups excluding carboxylic acids is 2. The molecule has 0 spiro atoms. The second-order valence-corrected chi connectivity index (χ2v) is 4.55. The standard InChI is InChI=1S/C10H8Br2O3/c1-15-10(14)9(13)5-6-2-3-7(11)8(12)4-6/h2-4H,5H2,1H3. The van der Waals surface area contributed by atoms with Gasteiger partial charge < -0.3 is 4.74 Å². The molecule has 0 fully saturated rings. The van der Waals surface area contributed by atoms with Crippen molar-refractivity contribution in [2.24, 2.45) is 0 Å². The number of ketones is 1. The first-order chi connectivity index (χ1) is 7.04. The first-order valence-electron chi connectivity index (χ1n) is 4.09. The lowest BCUT2D eigenvalue weighted by Crippen LogP contribution is -2.17. The summed E-state index contributed by atoms with van der Waals surface area (Å²) in [5.41, 5.74) is 0.764. The molecule has 15 heavy (non-hydrogen) atoms. The Bertz CT molecular complexity index is 402. The van der Waals surface area contributed by atoms with Crippen LogP contribution in [0.3, 0.4) is 0 Å².